The fourth-order valence-corrected chi connectivity index (χ4v) is 3.53. The van der Waals surface area contributed by atoms with E-state index in [0.29, 0.717) is 19.0 Å². The molecule has 1 atom stereocenters. The number of H-pyrrole nitrogens is 1. The molecular formula is C20H25N7O. The molecule has 0 aliphatic carbocycles. The minimum absolute atomic E-state index is 0.0374. The van der Waals surface area contributed by atoms with Gasteiger partial charge in [0.1, 0.15) is 5.82 Å². The standard InChI is InChI=1S/C20H25N7O/c1-14(17-12-21-27(13-17)18-6-4-3-5-7-18)22-20(28)26-10-8-16(9-11-26)19-23-15(2)24-25-19/h3-7,12-14,16H,8-11H2,1-2H3,(H,22,28)(H,23,24,25). The van der Waals surface area contributed by atoms with Crippen molar-refractivity contribution in [3.8, 4) is 5.69 Å². The topological polar surface area (TPSA) is 91.7 Å². The number of nitrogens with zero attached hydrogens (tertiary/aromatic N) is 5. The number of benzene rings is 1. The number of piperidine rings is 1. The lowest BCUT2D eigenvalue weighted by Crippen LogP contribution is -2.44. The zero-order valence-corrected chi connectivity index (χ0v) is 16.2. The molecular weight excluding hydrogens is 354 g/mol. The van der Waals surface area contributed by atoms with E-state index in [0.717, 1.165) is 35.7 Å². The van der Waals surface area contributed by atoms with E-state index in [-0.39, 0.29) is 12.1 Å². The van der Waals surface area contributed by atoms with Gasteiger partial charge in [-0.25, -0.2) is 14.5 Å². The molecule has 2 amide bonds. The number of carbonyl (C=O) groups excluding carboxylic acids is 1. The van der Waals surface area contributed by atoms with Crippen LogP contribution in [0.25, 0.3) is 5.69 Å². The second-order valence-corrected chi connectivity index (χ2v) is 7.27. The van der Waals surface area contributed by atoms with Gasteiger partial charge >= 0.3 is 6.03 Å². The summed E-state index contributed by atoms with van der Waals surface area (Å²) in [5.74, 6) is 2.01. The van der Waals surface area contributed by atoms with E-state index in [2.05, 4.69) is 25.6 Å². The molecule has 0 bridgehead atoms. The van der Waals surface area contributed by atoms with E-state index in [1.54, 1.807) is 6.20 Å². The second kappa shape index (κ2) is 7.84. The third kappa shape index (κ3) is 3.90. The lowest BCUT2D eigenvalue weighted by atomic mass is 9.96. The summed E-state index contributed by atoms with van der Waals surface area (Å²) in [5.41, 5.74) is 1.97. The number of rotatable bonds is 4. The summed E-state index contributed by atoms with van der Waals surface area (Å²) in [4.78, 5) is 18.9. The van der Waals surface area contributed by atoms with Crippen LogP contribution in [-0.2, 0) is 0 Å². The molecule has 28 heavy (non-hydrogen) atoms. The fraction of sp³-hybridized carbons (Fsp3) is 0.400. The van der Waals surface area contributed by atoms with Crippen LogP contribution in [0.1, 0.15) is 48.9 Å². The molecule has 146 valence electrons. The number of likely N-dealkylation sites (tertiary alicyclic amines) is 1. The monoisotopic (exact) mass is 379 g/mol. The lowest BCUT2D eigenvalue weighted by Gasteiger charge is -2.31. The molecule has 4 rings (SSSR count). The molecule has 0 radical (unpaired) electrons. The van der Waals surface area contributed by atoms with Crippen molar-refractivity contribution in [1.29, 1.82) is 0 Å². The Morgan fingerprint density at radius 2 is 2.00 bits per heavy atom. The third-order valence-electron chi connectivity index (χ3n) is 5.23. The second-order valence-electron chi connectivity index (χ2n) is 7.27. The van der Waals surface area contributed by atoms with Crippen molar-refractivity contribution in [3.05, 3.63) is 59.9 Å². The highest BCUT2D eigenvalue weighted by Crippen LogP contribution is 2.25. The van der Waals surface area contributed by atoms with Crippen molar-refractivity contribution in [2.45, 2.75) is 38.6 Å². The van der Waals surface area contributed by atoms with E-state index in [1.165, 1.54) is 0 Å². The molecule has 1 aliphatic rings. The normalized spacial score (nSPS) is 16.1. The predicted molar refractivity (Wildman–Crippen MR) is 105 cm³/mol. The molecule has 0 saturated carbocycles. The van der Waals surface area contributed by atoms with Gasteiger partial charge in [0.15, 0.2) is 5.82 Å². The molecule has 3 aromatic rings. The molecule has 1 aliphatic heterocycles. The van der Waals surface area contributed by atoms with Gasteiger partial charge in [0.25, 0.3) is 0 Å². The van der Waals surface area contributed by atoms with Crippen molar-refractivity contribution in [1.82, 2.24) is 35.2 Å². The van der Waals surface area contributed by atoms with Crippen LogP contribution >= 0.6 is 0 Å². The summed E-state index contributed by atoms with van der Waals surface area (Å²) in [6.45, 7) is 5.30. The van der Waals surface area contributed by atoms with Crippen LogP contribution in [0.4, 0.5) is 4.79 Å². The first-order valence-corrected chi connectivity index (χ1v) is 9.64. The molecule has 1 saturated heterocycles. The van der Waals surface area contributed by atoms with Crippen LogP contribution in [0.5, 0.6) is 0 Å². The van der Waals surface area contributed by atoms with Crippen molar-refractivity contribution in [3.63, 3.8) is 0 Å². The Hall–Kier alpha value is -3.16. The lowest BCUT2D eigenvalue weighted by molar-refractivity contribution is 0.177. The first-order chi connectivity index (χ1) is 13.6. The van der Waals surface area contributed by atoms with Gasteiger partial charge in [-0.2, -0.15) is 10.2 Å². The third-order valence-corrected chi connectivity index (χ3v) is 5.23. The van der Waals surface area contributed by atoms with Crippen molar-refractivity contribution in [2.24, 2.45) is 0 Å². The van der Waals surface area contributed by atoms with E-state index in [9.17, 15) is 4.79 Å². The first-order valence-electron chi connectivity index (χ1n) is 9.64. The number of aromatic amines is 1. The van der Waals surface area contributed by atoms with Gasteiger partial charge in [-0.3, -0.25) is 5.10 Å². The number of carbonyl (C=O) groups is 1. The summed E-state index contributed by atoms with van der Waals surface area (Å²) in [6.07, 6.45) is 5.52. The van der Waals surface area contributed by atoms with Crippen molar-refractivity contribution in [2.75, 3.05) is 13.1 Å². The van der Waals surface area contributed by atoms with Gasteiger partial charge in [-0.05, 0) is 38.8 Å². The Labute approximate surface area is 164 Å². The Balaban J connectivity index is 1.32. The van der Waals surface area contributed by atoms with Gasteiger partial charge < -0.3 is 10.2 Å². The number of urea groups is 1. The van der Waals surface area contributed by atoms with Gasteiger partial charge in [0, 0.05) is 30.8 Å². The number of hydrogen-bond donors (Lipinski definition) is 2. The van der Waals surface area contributed by atoms with Crippen LogP contribution in [0, 0.1) is 6.92 Å². The maximum atomic E-state index is 12.7. The van der Waals surface area contributed by atoms with E-state index in [4.69, 9.17) is 0 Å². The van der Waals surface area contributed by atoms with Gasteiger partial charge in [-0.15, -0.1) is 0 Å². The molecule has 0 spiro atoms. The minimum atomic E-state index is -0.113. The highest BCUT2D eigenvalue weighted by atomic mass is 16.2. The molecule has 1 aromatic carbocycles. The van der Waals surface area contributed by atoms with Gasteiger partial charge in [0.2, 0.25) is 0 Å². The number of nitrogens with one attached hydrogen (secondary N) is 2. The average molecular weight is 379 g/mol. The van der Waals surface area contributed by atoms with Gasteiger partial charge in [-0.1, -0.05) is 18.2 Å². The SMILES string of the molecule is Cc1nc(C2CCN(C(=O)NC(C)c3cnn(-c4ccccc4)c3)CC2)n[nH]1. The molecule has 8 nitrogen and oxygen atoms in total. The number of hydrogen-bond acceptors (Lipinski definition) is 4. The van der Waals surface area contributed by atoms with Crippen LogP contribution in [0.3, 0.4) is 0 Å². The largest absolute Gasteiger partial charge is 0.331 e. The minimum Gasteiger partial charge on any atom is -0.331 e. The molecule has 1 unspecified atom stereocenters. The predicted octanol–water partition coefficient (Wildman–Crippen LogP) is 2.95. The zero-order chi connectivity index (χ0) is 19.5. The average Bonchev–Trinajstić information content (AvgIpc) is 3.38. The molecule has 2 N–H and O–H groups in total. The Kier molecular flexibility index (Phi) is 5.10. The van der Waals surface area contributed by atoms with E-state index >= 15 is 0 Å². The molecule has 3 heterocycles. The van der Waals surface area contributed by atoms with Gasteiger partial charge in [0.05, 0.1) is 17.9 Å². The fourth-order valence-electron chi connectivity index (χ4n) is 3.53. The summed E-state index contributed by atoms with van der Waals surface area (Å²) in [5, 5.41) is 14.6. The van der Waals surface area contributed by atoms with E-state index in [1.807, 2.05) is 60.0 Å². The first kappa shape index (κ1) is 18.2. The van der Waals surface area contributed by atoms with Crippen molar-refractivity contribution < 1.29 is 4.79 Å². The van der Waals surface area contributed by atoms with Crippen LogP contribution in [0.15, 0.2) is 42.7 Å². The highest BCUT2D eigenvalue weighted by Gasteiger charge is 2.27. The molecule has 1 fully saturated rings. The Bertz CT molecular complexity index is 925. The zero-order valence-electron chi connectivity index (χ0n) is 16.2. The smallest absolute Gasteiger partial charge is 0.317 e. The number of aromatic nitrogens is 5. The number of para-hydroxylation sites is 1. The molecule has 2 aromatic heterocycles. The van der Waals surface area contributed by atoms with E-state index < -0.39 is 0 Å². The maximum absolute atomic E-state index is 12.7. The Morgan fingerprint density at radius 1 is 1.25 bits per heavy atom. The summed E-state index contributed by atoms with van der Waals surface area (Å²) >= 11 is 0. The van der Waals surface area contributed by atoms with Crippen LogP contribution < -0.4 is 5.32 Å². The van der Waals surface area contributed by atoms with Crippen LogP contribution in [-0.4, -0.2) is 49.0 Å². The quantitative estimate of drug-likeness (QED) is 0.729. The highest BCUT2D eigenvalue weighted by molar-refractivity contribution is 5.74. The summed E-state index contributed by atoms with van der Waals surface area (Å²) in [7, 11) is 0. The Morgan fingerprint density at radius 3 is 2.68 bits per heavy atom. The maximum Gasteiger partial charge on any atom is 0.317 e. The summed E-state index contributed by atoms with van der Waals surface area (Å²) < 4.78 is 1.82. The van der Waals surface area contributed by atoms with Crippen LogP contribution in [0.2, 0.25) is 0 Å². The van der Waals surface area contributed by atoms with Crippen molar-refractivity contribution >= 4 is 6.03 Å². The molecule has 8 heteroatoms. The number of amides is 2. The number of aryl methyl sites for hydroxylation is 1. The summed E-state index contributed by atoms with van der Waals surface area (Å²) in [6, 6.07) is 9.78.